The van der Waals surface area contributed by atoms with Gasteiger partial charge in [0.2, 0.25) is 10.0 Å². The summed E-state index contributed by atoms with van der Waals surface area (Å²) in [5.41, 5.74) is 0. The van der Waals surface area contributed by atoms with Crippen LogP contribution in [0, 0.1) is 0 Å². The molecule has 2 N–H and O–H groups in total. The Morgan fingerprint density at radius 3 is 2.44 bits per heavy atom. The maximum absolute atomic E-state index is 11.7. The fourth-order valence-corrected chi connectivity index (χ4v) is 2.43. The van der Waals surface area contributed by atoms with Crippen LogP contribution in [-0.4, -0.2) is 44.5 Å². The van der Waals surface area contributed by atoms with Crippen molar-refractivity contribution < 1.29 is 23.1 Å². The number of carbonyl (C=O) groups excluding carboxylic acids is 1. The highest BCUT2D eigenvalue weighted by Crippen LogP contribution is 2.05. The molecule has 0 bridgehead atoms. The van der Waals surface area contributed by atoms with Crippen molar-refractivity contribution >= 4 is 16.0 Å². The molecule has 0 aromatic rings. The average Bonchev–Trinajstić information content (AvgIpc) is 2.26. The zero-order chi connectivity index (χ0) is 12.8. The second kappa shape index (κ2) is 6.82. The second-order valence-corrected chi connectivity index (χ2v) is 5.48. The predicted octanol–water partition coefficient (Wildman–Crippen LogP) is -0.372. The quantitative estimate of drug-likeness (QED) is 0.604. The molecule has 16 heavy (non-hydrogen) atoms. The number of aliphatic hydroxyl groups excluding tert-OH is 1. The first-order chi connectivity index (χ1) is 7.38. The monoisotopic (exact) mass is 253 g/mol. The second-order valence-electron chi connectivity index (χ2n) is 3.45. The summed E-state index contributed by atoms with van der Waals surface area (Å²) >= 11 is 0. The number of rotatable bonds is 7. The van der Waals surface area contributed by atoms with Gasteiger partial charge >= 0.3 is 5.97 Å². The van der Waals surface area contributed by atoms with E-state index in [0.29, 0.717) is 12.8 Å². The Labute approximate surface area is 96.0 Å². The minimum absolute atomic E-state index is 0.104. The van der Waals surface area contributed by atoms with Crippen molar-refractivity contribution in [3.8, 4) is 0 Å². The SMILES string of the molecule is CCC(CCO)NS(=O)(=O)C(C)C(=O)OC. The van der Waals surface area contributed by atoms with Crippen LogP contribution in [-0.2, 0) is 19.6 Å². The van der Waals surface area contributed by atoms with Crippen LogP contribution in [0.25, 0.3) is 0 Å². The number of carbonyl (C=O) groups is 1. The number of hydrogen-bond donors (Lipinski definition) is 2. The molecule has 0 aromatic heterocycles. The summed E-state index contributed by atoms with van der Waals surface area (Å²) in [5.74, 6) is -0.800. The van der Waals surface area contributed by atoms with Gasteiger partial charge in [0.05, 0.1) is 7.11 Å². The van der Waals surface area contributed by atoms with E-state index in [2.05, 4.69) is 9.46 Å². The van der Waals surface area contributed by atoms with Crippen molar-refractivity contribution in [2.45, 2.75) is 38.0 Å². The van der Waals surface area contributed by atoms with Crippen LogP contribution in [0.1, 0.15) is 26.7 Å². The van der Waals surface area contributed by atoms with Crippen molar-refractivity contribution in [3.05, 3.63) is 0 Å². The zero-order valence-electron chi connectivity index (χ0n) is 9.76. The van der Waals surface area contributed by atoms with Crippen LogP contribution < -0.4 is 4.72 Å². The van der Waals surface area contributed by atoms with Gasteiger partial charge in [-0.2, -0.15) is 0 Å². The van der Waals surface area contributed by atoms with Gasteiger partial charge in [-0.3, -0.25) is 4.79 Å². The fourth-order valence-electron chi connectivity index (χ4n) is 1.13. The van der Waals surface area contributed by atoms with Crippen LogP contribution >= 0.6 is 0 Å². The van der Waals surface area contributed by atoms with E-state index in [1.54, 1.807) is 6.92 Å². The number of esters is 1. The molecular weight excluding hydrogens is 234 g/mol. The van der Waals surface area contributed by atoms with Crippen molar-refractivity contribution in [1.82, 2.24) is 4.72 Å². The van der Waals surface area contributed by atoms with Gasteiger partial charge in [-0.15, -0.1) is 0 Å². The maximum atomic E-state index is 11.7. The lowest BCUT2D eigenvalue weighted by molar-refractivity contribution is -0.139. The normalized spacial score (nSPS) is 15.5. The van der Waals surface area contributed by atoms with E-state index in [4.69, 9.17) is 5.11 Å². The van der Waals surface area contributed by atoms with E-state index in [-0.39, 0.29) is 12.6 Å². The molecule has 6 nitrogen and oxygen atoms in total. The first-order valence-corrected chi connectivity index (χ1v) is 6.63. The van der Waals surface area contributed by atoms with Gasteiger partial charge in [0.1, 0.15) is 0 Å². The van der Waals surface area contributed by atoms with Crippen LogP contribution in [0.4, 0.5) is 0 Å². The molecule has 2 atom stereocenters. The van der Waals surface area contributed by atoms with Crippen molar-refractivity contribution in [1.29, 1.82) is 0 Å². The molecule has 0 aromatic carbocycles. The van der Waals surface area contributed by atoms with E-state index in [1.807, 2.05) is 0 Å². The molecule has 0 fully saturated rings. The molecule has 7 heteroatoms. The van der Waals surface area contributed by atoms with Gasteiger partial charge < -0.3 is 9.84 Å². The van der Waals surface area contributed by atoms with Gasteiger partial charge in [0.25, 0.3) is 0 Å². The lowest BCUT2D eigenvalue weighted by atomic mass is 10.2. The minimum atomic E-state index is -3.74. The first-order valence-electron chi connectivity index (χ1n) is 5.08. The molecule has 0 aliphatic carbocycles. The highest BCUT2D eigenvalue weighted by Gasteiger charge is 2.30. The summed E-state index contributed by atoms with van der Waals surface area (Å²) in [5, 5.41) is 7.49. The Bertz CT molecular complexity index is 314. The van der Waals surface area contributed by atoms with Gasteiger partial charge in [-0.05, 0) is 19.8 Å². The van der Waals surface area contributed by atoms with Crippen molar-refractivity contribution in [2.75, 3.05) is 13.7 Å². The van der Waals surface area contributed by atoms with Crippen LogP contribution in [0.5, 0.6) is 0 Å². The molecule has 0 radical (unpaired) electrons. The maximum Gasteiger partial charge on any atom is 0.325 e. The number of nitrogens with one attached hydrogen (secondary N) is 1. The lowest BCUT2D eigenvalue weighted by Gasteiger charge is -2.18. The van der Waals surface area contributed by atoms with E-state index in [0.717, 1.165) is 7.11 Å². The Morgan fingerprint density at radius 1 is 1.50 bits per heavy atom. The van der Waals surface area contributed by atoms with Gasteiger partial charge in [-0.1, -0.05) is 6.92 Å². The summed E-state index contributed by atoms with van der Waals surface area (Å²) < 4.78 is 30.1. The smallest absolute Gasteiger partial charge is 0.325 e. The van der Waals surface area contributed by atoms with Crippen molar-refractivity contribution in [2.24, 2.45) is 0 Å². The molecule has 96 valence electrons. The number of methoxy groups -OCH3 is 1. The Hall–Kier alpha value is -0.660. The molecule has 2 unspecified atom stereocenters. The largest absolute Gasteiger partial charge is 0.468 e. The summed E-state index contributed by atoms with van der Waals surface area (Å²) in [7, 11) is -2.60. The summed E-state index contributed by atoms with van der Waals surface area (Å²) in [4.78, 5) is 11.1. The molecule has 0 saturated carbocycles. The third kappa shape index (κ3) is 4.46. The first kappa shape index (κ1) is 15.3. The van der Waals surface area contributed by atoms with Crippen LogP contribution in [0.3, 0.4) is 0 Å². The number of ether oxygens (including phenoxy) is 1. The molecule has 0 spiro atoms. The Morgan fingerprint density at radius 2 is 2.06 bits per heavy atom. The van der Waals surface area contributed by atoms with Gasteiger partial charge in [-0.25, -0.2) is 13.1 Å². The Kier molecular flexibility index (Phi) is 6.54. The molecular formula is C9H19NO5S. The standard InChI is InChI=1S/C9H19NO5S/c1-4-8(5-6-11)10-16(13,14)7(2)9(12)15-3/h7-8,10-11H,4-6H2,1-3H3. The summed E-state index contributed by atoms with van der Waals surface area (Å²) in [6, 6.07) is -0.359. The molecule has 0 saturated heterocycles. The molecule has 0 amide bonds. The third-order valence-corrected chi connectivity index (χ3v) is 4.09. The van der Waals surface area contributed by atoms with Crippen LogP contribution in [0.15, 0.2) is 0 Å². The molecule has 0 rings (SSSR count). The predicted molar refractivity (Wildman–Crippen MR) is 59.3 cm³/mol. The highest BCUT2D eigenvalue weighted by molar-refractivity contribution is 7.90. The number of sulfonamides is 1. The molecule has 0 aliphatic rings. The molecule has 0 heterocycles. The summed E-state index contributed by atoms with van der Waals surface area (Å²) in [6.45, 7) is 2.96. The van der Waals surface area contributed by atoms with Crippen molar-refractivity contribution in [3.63, 3.8) is 0 Å². The minimum Gasteiger partial charge on any atom is -0.468 e. The van der Waals surface area contributed by atoms with Crippen LogP contribution in [0.2, 0.25) is 0 Å². The van der Waals surface area contributed by atoms with E-state index in [1.165, 1.54) is 6.92 Å². The van der Waals surface area contributed by atoms with E-state index < -0.39 is 21.2 Å². The summed E-state index contributed by atoms with van der Waals surface area (Å²) in [6.07, 6.45) is 0.872. The number of aliphatic hydroxyl groups is 1. The highest BCUT2D eigenvalue weighted by atomic mass is 32.2. The molecule has 0 aliphatic heterocycles. The van der Waals surface area contributed by atoms with Gasteiger partial charge in [0.15, 0.2) is 5.25 Å². The number of hydrogen-bond acceptors (Lipinski definition) is 5. The zero-order valence-corrected chi connectivity index (χ0v) is 10.6. The fraction of sp³-hybridized carbons (Fsp3) is 0.889. The van der Waals surface area contributed by atoms with E-state index >= 15 is 0 Å². The lowest BCUT2D eigenvalue weighted by Crippen LogP contribution is -2.43. The Balaban J connectivity index is 4.60. The topological polar surface area (TPSA) is 92.7 Å². The van der Waals surface area contributed by atoms with Gasteiger partial charge in [0, 0.05) is 12.6 Å². The van der Waals surface area contributed by atoms with E-state index in [9.17, 15) is 13.2 Å². The average molecular weight is 253 g/mol. The third-order valence-electron chi connectivity index (χ3n) is 2.30.